The van der Waals surface area contributed by atoms with E-state index in [1.807, 2.05) is 78.9 Å². The third kappa shape index (κ3) is 4.00. The van der Waals surface area contributed by atoms with Crippen LogP contribution in [-0.2, 0) is 0 Å². The van der Waals surface area contributed by atoms with Crippen LogP contribution in [0.5, 0.6) is 5.75 Å². The van der Waals surface area contributed by atoms with Gasteiger partial charge in [0.25, 0.3) is 0 Å². The molecule has 0 unspecified atom stereocenters. The van der Waals surface area contributed by atoms with Gasteiger partial charge in [-0.2, -0.15) is 0 Å². The lowest BCUT2D eigenvalue weighted by atomic mass is 9.93. The Labute approximate surface area is 213 Å². The van der Waals surface area contributed by atoms with Gasteiger partial charge in [-0.25, -0.2) is 20.0 Å². The molecule has 6 nitrogen and oxygen atoms in total. The van der Waals surface area contributed by atoms with E-state index < -0.39 is 0 Å². The highest BCUT2D eigenvalue weighted by Crippen LogP contribution is 2.38. The molecule has 0 saturated carbocycles. The molecule has 1 aromatic carbocycles. The quantitative estimate of drug-likeness (QED) is 0.599. The second-order valence-electron chi connectivity index (χ2n) is 8.88. The molecule has 8 bridgehead atoms. The van der Waals surface area contributed by atoms with E-state index in [2.05, 4.69) is 11.1 Å². The molecule has 174 valence electrons. The van der Waals surface area contributed by atoms with Crippen molar-refractivity contribution >= 4 is 34.0 Å². The molecule has 7 rings (SSSR count). The third-order valence-electron chi connectivity index (χ3n) is 6.34. The monoisotopic (exact) mass is 477 g/mol. The molecule has 0 saturated heterocycles. The number of pyridine rings is 1. The SMILES string of the molecule is Oc1ccc(C2=C3N=C(C=C4C=CC(=N4)C=C4C=CC(=N4)C=C4C=CC2=N4)C=C3c2ccncc2)cc1. The number of phenolic OH excluding ortho intramolecular Hbond substituents is 1. The molecular weight excluding hydrogens is 458 g/mol. The lowest BCUT2D eigenvalue weighted by Crippen LogP contribution is -2.02. The Hall–Kier alpha value is -5.23. The predicted octanol–water partition coefficient (Wildman–Crippen LogP) is 5.73. The maximum atomic E-state index is 9.96. The van der Waals surface area contributed by atoms with Crippen LogP contribution in [-0.4, -0.2) is 32.9 Å². The van der Waals surface area contributed by atoms with Crippen LogP contribution in [0.1, 0.15) is 11.1 Å². The molecule has 0 atom stereocenters. The van der Waals surface area contributed by atoms with Gasteiger partial charge in [0.15, 0.2) is 0 Å². The number of hydrogen-bond acceptors (Lipinski definition) is 6. The van der Waals surface area contributed by atoms with Crippen LogP contribution in [0.2, 0.25) is 0 Å². The number of benzene rings is 1. The summed E-state index contributed by atoms with van der Waals surface area (Å²) in [6.45, 7) is 0. The van der Waals surface area contributed by atoms with Crippen molar-refractivity contribution in [1.29, 1.82) is 0 Å². The highest BCUT2D eigenvalue weighted by Gasteiger charge is 2.25. The van der Waals surface area contributed by atoms with Crippen molar-refractivity contribution in [3.05, 3.63) is 143 Å². The summed E-state index contributed by atoms with van der Waals surface area (Å²) in [7, 11) is 0. The molecule has 0 amide bonds. The fourth-order valence-corrected chi connectivity index (χ4v) is 4.65. The average Bonchev–Trinajstić information content (AvgIpc) is 3.71. The molecule has 5 aliphatic heterocycles. The van der Waals surface area contributed by atoms with Gasteiger partial charge in [-0.15, -0.1) is 0 Å². The first kappa shape index (κ1) is 21.1. The molecule has 37 heavy (non-hydrogen) atoms. The standard InChI is InChI=1S/C31H19N5O/c37-27-8-1-20(2-9-27)30-29-10-7-25(35-29)16-23-4-3-21(33-23)15-22-5-6-24(34-22)17-26-18-28(31(30)36-26)19-11-13-32-14-12-19/h1-18,37H. The molecule has 0 fully saturated rings. The van der Waals surface area contributed by atoms with Crippen LogP contribution in [0.4, 0.5) is 0 Å². The zero-order valence-electron chi connectivity index (χ0n) is 19.6. The van der Waals surface area contributed by atoms with Gasteiger partial charge in [0, 0.05) is 23.5 Å². The van der Waals surface area contributed by atoms with Crippen LogP contribution in [0.25, 0.3) is 11.1 Å². The van der Waals surface area contributed by atoms with Crippen molar-refractivity contribution in [3.63, 3.8) is 0 Å². The predicted molar refractivity (Wildman–Crippen MR) is 149 cm³/mol. The molecule has 0 aliphatic carbocycles. The molecule has 1 aromatic heterocycles. The smallest absolute Gasteiger partial charge is 0.115 e. The van der Waals surface area contributed by atoms with E-state index in [0.29, 0.717) is 0 Å². The highest BCUT2D eigenvalue weighted by molar-refractivity contribution is 6.34. The number of nitrogens with zero attached hydrogens (tertiary/aromatic N) is 5. The normalized spacial score (nSPS) is 19.2. The van der Waals surface area contributed by atoms with Crippen LogP contribution < -0.4 is 0 Å². The Morgan fingerprint density at radius 3 is 1.84 bits per heavy atom. The number of aliphatic imine (C=N–C) groups is 4. The van der Waals surface area contributed by atoms with E-state index in [1.165, 1.54) is 0 Å². The summed E-state index contributed by atoms with van der Waals surface area (Å²) in [4.78, 5) is 23.7. The minimum absolute atomic E-state index is 0.203. The van der Waals surface area contributed by atoms with Crippen LogP contribution in [0, 0.1) is 0 Å². The van der Waals surface area contributed by atoms with E-state index in [9.17, 15) is 5.11 Å². The van der Waals surface area contributed by atoms with Gasteiger partial charge in [-0.1, -0.05) is 12.1 Å². The van der Waals surface area contributed by atoms with E-state index in [-0.39, 0.29) is 5.75 Å². The van der Waals surface area contributed by atoms with Gasteiger partial charge in [-0.3, -0.25) is 4.98 Å². The minimum atomic E-state index is 0.203. The Morgan fingerprint density at radius 1 is 0.514 bits per heavy atom. The number of fused-ring (bicyclic) bond motifs is 4. The fourth-order valence-electron chi connectivity index (χ4n) is 4.65. The summed E-state index contributed by atoms with van der Waals surface area (Å²) in [6.07, 6.45) is 23.4. The average molecular weight is 478 g/mol. The molecule has 0 spiro atoms. The summed E-state index contributed by atoms with van der Waals surface area (Å²) in [5.74, 6) is 0.203. The first-order valence-electron chi connectivity index (χ1n) is 11.9. The minimum Gasteiger partial charge on any atom is -0.508 e. The van der Waals surface area contributed by atoms with Crippen LogP contribution in [0.3, 0.4) is 0 Å². The van der Waals surface area contributed by atoms with Gasteiger partial charge in [0.05, 0.1) is 45.6 Å². The highest BCUT2D eigenvalue weighted by atomic mass is 16.3. The Kier molecular flexibility index (Phi) is 4.82. The van der Waals surface area contributed by atoms with Crippen molar-refractivity contribution in [1.82, 2.24) is 4.98 Å². The first-order valence-corrected chi connectivity index (χ1v) is 11.9. The second kappa shape index (κ2) is 8.46. The first-order chi connectivity index (χ1) is 18.2. The Balaban J connectivity index is 1.50. The number of aromatic nitrogens is 1. The Morgan fingerprint density at radius 2 is 1.14 bits per heavy atom. The van der Waals surface area contributed by atoms with Gasteiger partial charge >= 0.3 is 0 Å². The molecule has 6 heterocycles. The lowest BCUT2D eigenvalue weighted by Gasteiger charge is -2.13. The third-order valence-corrected chi connectivity index (χ3v) is 6.34. The van der Waals surface area contributed by atoms with Gasteiger partial charge in [0.1, 0.15) is 5.75 Å². The summed E-state index contributed by atoms with van der Waals surface area (Å²) in [6, 6.07) is 11.1. The van der Waals surface area contributed by atoms with Crippen molar-refractivity contribution < 1.29 is 5.11 Å². The summed E-state index contributed by atoms with van der Waals surface area (Å²) >= 11 is 0. The van der Waals surface area contributed by atoms with Crippen molar-refractivity contribution in [3.8, 4) is 5.75 Å². The topological polar surface area (TPSA) is 82.6 Å². The van der Waals surface area contributed by atoms with E-state index in [4.69, 9.17) is 20.0 Å². The number of rotatable bonds is 2. The van der Waals surface area contributed by atoms with Gasteiger partial charge in [0.2, 0.25) is 0 Å². The van der Waals surface area contributed by atoms with Crippen molar-refractivity contribution in [2.75, 3.05) is 0 Å². The molecule has 5 aliphatic rings. The van der Waals surface area contributed by atoms with Crippen molar-refractivity contribution in [2.45, 2.75) is 0 Å². The van der Waals surface area contributed by atoms with Crippen molar-refractivity contribution in [2.24, 2.45) is 20.0 Å². The van der Waals surface area contributed by atoms with Crippen LogP contribution in [0.15, 0.2) is 152 Å². The van der Waals surface area contributed by atoms with Gasteiger partial charge in [-0.05, 0) is 96.2 Å². The lowest BCUT2D eigenvalue weighted by molar-refractivity contribution is 0.475. The number of aromatic hydroxyl groups is 1. The van der Waals surface area contributed by atoms with Crippen LogP contribution >= 0.6 is 0 Å². The molecular formula is C31H19N5O. The van der Waals surface area contributed by atoms with E-state index in [0.717, 1.165) is 67.9 Å². The molecule has 0 radical (unpaired) electrons. The fraction of sp³-hybridized carbons (Fsp3) is 0. The maximum Gasteiger partial charge on any atom is 0.115 e. The maximum absolute atomic E-state index is 9.96. The zero-order valence-corrected chi connectivity index (χ0v) is 19.6. The second-order valence-corrected chi connectivity index (χ2v) is 8.88. The summed E-state index contributed by atoms with van der Waals surface area (Å²) < 4.78 is 0. The number of hydrogen-bond donors (Lipinski definition) is 1. The number of allylic oxidation sites excluding steroid dienone is 12. The molecule has 1 N–H and O–H groups in total. The zero-order chi connectivity index (χ0) is 24.8. The van der Waals surface area contributed by atoms with E-state index >= 15 is 0 Å². The summed E-state index contributed by atoms with van der Waals surface area (Å²) in [5, 5.41) is 9.96. The number of phenols is 1. The van der Waals surface area contributed by atoms with Gasteiger partial charge < -0.3 is 5.11 Å². The summed E-state index contributed by atoms with van der Waals surface area (Å²) in [5.41, 5.74) is 10.3. The molecule has 6 heteroatoms. The largest absolute Gasteiger partial charge is 0.508 e. The Bertz CT molecular complexity index is 1730. The van der Waals surface area contributed by atoms with E-state index in [1.54, 1.807) is 24.5 Å². The molecule has 2 aromatic rings.